The van der Waals surface area contributed by atoms with Gasteiger partial charge in [-0.25, -0.2) is 4.79 Å². The molecule has 1 unspecified atom stereocenters. The van der Waals surface area contributed by atoms with Gasteiger partial charge in [0, 0.05) is 18.7 Å². The molecule has 1 heterocycles. The van der Waals surface area contributed by atoms with Crippen molar-refractivity contribution in [3.05, 3.63) is 32.6 Å². The molecule has 18 heavy (non-hydrogen) atoms. The summed E-state index contributed by atoms with van der Waals surface area (Å²) in [6.07, 6.45) is 1.19. The van der Waals surface area contributed by atoms with E-state index in [-0.39, 0.29) is 24.4 Å². The summed E-state index contributed by atoms with van der Waals surface area (Å²) in [6.45, 7) is 1.63. The summed E-state index contributed by atoms with van der Waals surface area (Å²) in [6, 6.07) is -0.389. The van der Waals surface area contributed by atoms with E-state index in [9.17, 15) is 19.2 Å². The molecule has 1 amide bonds. The van der Waals surface area contributed by atoms with Crippen LogP contribution in [0.15, 0.2) is 15.8 Å². The number of carboxylic acid groups (broad SMARTS) is 1. The number of carbonyl (C=O) groups is 2. The Morgan fingerprint density at radius 2 is 2.11 bits per heavy atom. The summed E-state index contributed by atoms with van der Waals surface area (Å²) in [5.41, 5.74) is -1.71. The maximum atomic E-state index is 11.6. The summed E-state index contributed by atoms with van der Waals surface area (Å²) >= 11 is 0. The van der Waals surface area contributed by atoms with Crippen molar-refractivity contribution in [1.29, 1.82) is 0 Å². The standard InChI is InChI=1S/C10H13N3O5/c1-5(2-3-7(14)15)12-8(16)6-4-11-10(18)13-9(6)17/h4-5H,2-3H2,1H3,(H,12,16)(H,14,15)(H2,11,13,17,18). The normalized spacial score (nSPS) is 11.8. The molecule has 1 aromatic heterocycles. The van der Waals surface area contributed by atoms with E-state index in [1.54, 1.807) is 6.92 Å². The molecule has 1 atom stereocenters. The van der Waals surface area contributed by atoms with Crippen molar-refractivity contribution >= 4 is 11.9 Å². The number of hydrogen-bond acceptors (Lipinski definition) is 4. The highest BCUT2D eigenvalue weighted by molar-refractivity contribution is 5.93. The van der Waals surface area contributed by atoms with E-state index >= 15 is 0 Å². The van der Waals surface area contributed by atoms with Gasteiger partial charge >= 0.3 is 11.7 Å². The minimum absolute atomic E-state index is 0.0799. The molecule has 0 saturated carbocycles. The quantitative estimate of drug-likeness (QED) is 0.538. The van der Waals surface area contributed by atoms with E-state index in [4.69, 9.17) is 5.11 Å². The minimum atomic E-state index is -0.960. The number of H-pyrrole nitrogens is 2. The molecule has 8 heteroatoms. The van der Waals surface area contributed by atoms with Crippen molar-refractivity contribution in [3.63, 3.8) is 0 Å². The zero-order valence-corrected chi connectivity index (χ0v) is 9.65. The van der Waals surface area contributed by atoms with E-state index < -0.39 is 23.1 Å². The largest absolute Gasteiger partial charge is 0.481 e. The Bertz CT molecular complexity index is 559. The molecule has 1 aromatic rings. The van der Waals surface area contributed by atoms with Gasteiger partial charge in [0.25, 0.3) is 11.5 Å². The SMILES string of the molecule is CC(CCC(=O)O)NC(=O)c1c[nH]c(=O)[nH]c1=O. The lowest BCUT2D eigenvalue weighted by Gasteiger charge is -2.11. The van der Waals surface area contributed by atoms with Crippen LogP contribution in [0.5, 0.6) is 0 Å². The molecule has 98 valence electrons. The zero-order valence-electron chi connectivity index (χ0n) is 9.65. The number of amides is 1. The van der Waals surface area contributed by atoms with Crippen molar-refractivity contribution in [2.75, 3.05) is 0 Å². The highest BCUT2D eigenvalue weighted by atomic mass is 16.4. The van der Waals surface area contributed by atoms with Crippen LogP contribution < -0.4 is 16.6 Å². The summed E-state index contributed by atoms with van der Waals surface area (Å²) in [5, 5.41) is 10.9. The van der Waals surface area contributed by atoms with Gasteiger partial charge in [-0.3, -0.25) is 19.4 Å². The smallest absolute Gasteiger partial charge is 0.325 e. The number of aromatic nitrogens is 2. The maximum Gasteiger partial charge on any atom is 0.325 e. The molecule has 0 radical (unpaired) electrons. The lowest BCUT2D eigenvalue weighted by atomic mass is 10.1. The predicted octanol–water partition coefficient (Wildman–Crippen LogP) is -0.954. The van der Waals surface area contributed by atoms with Crippen molar-refractivity contribution in [1.82, 2.24) is 15.3 Å². The Kier molecular flexibility index (Phi) is 4.41. The first-order valence-electron chi connectivity index (χ1n) is 5.25. The average molecular weight is 255 g/mol. The molecular weight excluding hydrogens is 242 g/mol. The second-order valence-electron chi connectivity index (χ2n) is 3.79. The zero-order chi connectivity index (χ0) is 13.7. The minimum Gasteiger partial charge on any atom is -0.481 e. The molecule has 0 spiro atoms. The van der Waals surface area contributed by atoms with Gasteiger partial charge in [-0.2, -0.15) is 0 Å². The second-order valence-corrected chi connectivity index (χ2v) is 3.79. The van der Waals surface area contributed by atoms with E-state index in [0.717, 1.165) is 6.20 Å². The van der Waals surface area contributed by atoms with Crippen LogP contribution in [0.2, 0.25) is 0 Å². The third-order valence-corrected chi connectivity index (χ3v) is 2.23. The number of hydrogen-bond donors (Lipinski definition) is 4. The predicted molar refractivity (Wildman–Crippen MR) is 61.5 cm³/mol. The fourth-order valence-electron chi connectivity index (χ4n) is 1.29. The molecule has 0 aliphatic heterocycles. The van der Waals surface area contributed by atoms with Crippen LogP contribution in [0.3, 0.4) is 0 Å². The molecule has 0 aliphatic rings. The Hall–Kier alpha value is -2.38. The highest BCUT2D eigenvalue weighted by Crippen LogP contribution is 1.97. The highest BCUT2D eigenvalue weighted by Gasteiger charge is 2.14. The van der Waals surface area contributed by atoms with Gasteiger partial charge in [-0.1, -0.05) is 0 Å². The molecular formula is C10H13N3O5. The Labute approximate surface area is 101 Å². The first-order valence-corrected chi connectivity index (χ1v) is 5.25. The second kappa shape index (κ2) is 5.80. The van der Waals surface area contributed by atoms with Gasteiger partial charge in [0.15, 0.2) is 0 Å². The summed E-state index contributed by atoms with van der Waals surface area (Å²) in [5.74, 6) is -1.62. The van der Waals surface area contributed by atoms with Crippen molar-refractivity contribution in [2.45, 2.75) is 25.8 Å². The topological polar surface area (TPSA) is 132 Å². The third-order valence-electron chi connectivity index (χ3n) is 2.23. The maximum absolute atomic E-state index is 11.6. The molecule has 8 nitrogen and oxygen atoms in total. The van der Waals surface area contributed by atoms with Crippen molar-refractivity contribution in [3.8, 4) is 0 Å². The Morgan fingerprint density at radius 1 is 1.44 bits per heavy atom. The van der Waals surface area contributed by atoms with Crippen LogP contribution >= 0.6 is 0 Å². The van der Waals surface area contributed by atoms with Crippen LogP contribution in [-0.4, -0.2) is 33.0 Å². The first-order chi connectivity index (χ1) is 8.40. The van der Waals surface area contributed by atoms with Gasteiger partial charge in [-0.05, 0) is 13.3 Å². The average Bonchev–Trinajstić information content (AvgIpc) is 2.26. The number of aromatic amines is 2. The monoisotopic (exact) mass is 255 g/mol. The number of carbonyl (C=O) groups excluding carboxylic acids is 1. The number of carboxylic acids is 1. The van der Waals surface area contributed by atoms with Crippen molar-refractivity contribution < 1.29 is 14.7 Å². The lowest BCUT2D eigenvalue weighted by Crippen LogP contribution is -2.38. The molecule has 1 rings (SSSR count). The summed E-state index contributed by atoms with van der Waals surface area (Å²) in [7, 11) is 0. The summed E-state index contributed by atoms with van der Waals surface area (Å²) < 4.78 is 0. The van der Waals surface area contributed by atoms with Gasteiger partial charge in [0.1, 0.15) is 5.56 Å². The van der Waals surface area contributed by atoms with E-state index in [2.05, 4.69) is 10.3 Å². The molecule has 0 saturated heterocycles. The fraction of sp³-hybridized carbons (Fsp3) is 0.400. The van der Waals surface area contributed by atoms with E-state index in [0.29, 0.717) is 0 Å². The molecule has 0 fully saturated rings. The first kappa shape index (κ1) is 13.7. The number of rotatable bonds is 5. The Balaban J connectivity index is 2.68. The van der Waals surface area contributed by atoms with Crippen LogP contribution in [0.4, 0.5) is 0 Å². The molecule has 0 bridgehead atoms. The van der Waals surface area contributed by atoms with Gasteiger partial charge < -0.3 is 15.4 Å². The van der Waals surface area contributed by atoms with Gasteiger partial charge in [0.2, 0.25) is 0 Å². The van der Waals surface area contributed by atoms with Crippen LogP contribution in [0.25, 0.3) is 0 Å². The number of nitrogens with one attached hydrogen (secondary N) is 3. The number of aliphatic carboxylic acids is 1. The molecule has 0 aromatic carbocycles. The van der Waals surface area contributed by atoms with Gasteiger partial charge in [-0.15, -0.1) is 0 Å². The van der Waals surface area contributed by atoms with Crippen molar-refractivity contribution in [2.24, 2.45) is 0 Å². The summed E-state index contributed by atoms with van der Waals surface area (Å²) in [4.78, 5) is 48.1. The fourth-order valence-corrected chi connectivity index (χ4v) is 1.29. The van der Waals surface area contributed by atoms with Gasteiger partial charge in [0.05, 0.1) is 0 Å². The van der Waals surface area contributed by atoms with Crippen LogP contribution in [-0.2, 0) is 4.79 Å². The lowest BCUT2D eigenvalue weighted by molar-refractivity contribution is -0.137. The van der Waals surface area contributed by atoms with E-state index in [1.165, 1.54) is 0 Å². The molecule has 0 aliphatic carbocycles. The Morgan fingerprint density at radius 3 is 2.67 bits per heavy atom. The van der Waals surface area contributed by atoms with E-state index in [1.807, 2.05) is 4.98 Å². The third kappa shape index (κ3) is 3.89. The van der Waals surface area contributed by atoms with Crippen LogP contribution in [0, 0.1) is 0 Å². The van der Waals surface area contributed by atoms with Crippen LogP contribution in [0.1, 0.15) is 30.1 Å². The molecule has 4 N–H and O–H groups in total.